The number of nitrogens with one attached hydrogen (secondary N) is 1. The second-order valence-corrected chi connectivity index (χ2v) is 3.49. The monoisotopic (exact) mass is 231 g/mol. The molecule has 0 bridgehead atoms. The molecular formula is C8H13N3O3S. The van der Waals surface area contributed by atoms with Gasteiger partial charge in [-0.3, -0.25) is 0 Å². The molecule has 7 heteroatoms. The lowest BCUT2D eigenvalue weighted by atomic mass is 10.5. The Morgan fingerprint density at radius 1 is 1.67 bits per heavy atom. The van der Waals surface area contributed by atoms with Crippen molar-refractivity contribution >= 4 is 22.6 Å². The number of ether oxygens (including phenoxy) is 1. The maximum absolute atomic E-state index is 10.1. The number of hydrogen-bond acceptors (Lipinski definition) is 6. The van der Waals surface area contributed by atoms with E-state index in [4.69, 9.17) is 9.84 Å². The third-order valence-electron chi connectivity index (χ3n) is 1.53. The molecule has 1 aromatic heterocycles. The molecule has 1 aromatic rings. The fourth-order valence-electron chi connectivity index (χ4n) is 0.859. The minimum atomic E-state index is -0.959. The van der Waals surface area contributed by atoms with Crippen LogP contribution in [0.1, 0.15) is 12.7 Å². The highest BCUT2D eigenvalue weighted by Gasteiger charge is 2.01. The van der Waals surface area contributed by atoms with E-state index < -0.39 is 5.97 Å². The Labute approximate surface area is 91.5 Å². The zero-order valence-corrected chi connectivity index (χ0v) is 9.21. The van der Waals surface area contributed by atoms with Crippen molar-refractivity contribution in [1.82, 2.24) is 9.36 Å². The second-order valence-electron chi connectivity index (χ2n) is 2.74. The maximum atomic E-state index is 10.1. The molecule has 0 saturated heterocycles. The zero-order valence-electron chi connectivity index (χ0n) is 8.39. The number of carboxylic acid groups (broad SMARTS) is 1. The van der Waals surface area contributed by atoms with Gasteiger partial charge in [0.15, 0.2) is 0 Å². The van der Waals surface area contributed by atoms with Crippen molar-refractivity contribution in [2.75, 3.05) is 25.1 Å². The predicted molar refractivity (Wildman–Crippen MR) is 56.2 cm³/mol. The fraction of sp³-hybridized carbons (Fsp3) is 0.625. The highest BCUT2D eigenvalue weighted by atomic mass is 32.1. The van der Waals surface area contributed by atoms with Gasteiger partial charge in [0.25, 0.3) is 0 Å². The molecule has 0 spiro atoms. The zero-order chi connectivity index (χ0) is 11.1. The lowest BCUT2D eigenvalue weighted by molar-refractivity contribution is -0.142. The van der Waals surface area contributed by atoms with Gasteiger partial charge in [0, 0.05) is 24.5 Å². The number of rotatable bonds is 7. The van der Waals surface area contributed by atoms with Crippen molar-refractivity contribution in [3.63, 3.8) is 0 Å². The third-order valence-corrected chi connectivity index (χ3v) is 2.24. The van der Waals surface area contributed by atoms with E-state index in [2.05, 4.69) is 14.7 Å². The van der Waals surface area contributed by atoms with Crippen LogP contribution in [0.4, 0.5) is 5.13 Å². The van der Waals surface area contributed by atoms with E-state index >= 15 is 0 Å². The summed E-state index contributed by atoms with van der Waals surface area (Å²) in [6.45, 7) is 2.60. The Bertz CT molecular complexity index is 316. The fourth-order valence-corrected chi connectivity index (χ4v) is 1.53. The topological polar surface area (TPSA) is 84.3 Å². The van der Waals surface area contributed by atoms with Crippen LogP contribution in [0.25, 0.3) is 0 Å². The first-order valence-electron chi connectivity index (χ1n) is 4.58. The van der Waals surface area contributed by atoms with E-state index in [-0.39, 0.29) is 6.61 Å². The van der Waals surface area contributed by atoms with Crippen LogP contribution in [0.3, 0.4) is 0 Å². The number of hydrogen-bond donors (Lipinski definition) is 2. The number of carboxylic acids is 1. The second kappa shape index (κ2) is 6.31. The summed E-state index contributed by atoms with van der Waals surface area (Å²) in [5.41, 5.74) is 0. The molecule has 0 unspecified atom stereocenters. The summed E-state index contributed by atoms with van der Waals surface area (Å²) in [5, 5.41) is 12.0. The number of anilines is 1. The van der Waals surface area contributed by atoms with Crippen LogP contribution in [-0.2, 0) is 16.0 Å². The summed E-state index contributed by atoms with van der Waals surface area (Å²) >= 11 is 1.29. The number of nitrogens with zero attached hydrogens (tertiary/aromatic N) is 2. The van der Waals surface area contributed by atoms with E-state index in [1.165, 1.54) is 11.5 Å². The molecule has 6 nitrogen and oxygen atoms in total. The molecule has 84 valence electrons. The Balaban J connectivity index is 2.12. The predicted octanol–water partition coefficient (Wildman–Crippen LogP) is 0.614. The quantitative estimate of drug-likeness (QED) is 0.669. The molecule has 0 aliphatic carbocycles. The smallest absolute Gasteiger partial charge is 0.329 e. The first-order valence-corrected chi connectivity index (χ1v) is 5.35. The molecule has 2 N–H and O–H groups in total. The van der Waals surface area contributed by atoms with Crippen LogP contribution in [0.15, 0.2) is 0 Å². The standard InChI is InChI=1S/C8H13N3O3S/c1-2-6-10-8(15-11-6)9-3-4-14-5-7(12)13/h2-5H2,1H3,(H,12,13)(H,9,10,11). The van der Waals surface area contributed by atoms with Gasteiger partial charge in [0.2, 0.25) is 5.13 Å². The summed E-state index contributed by atoms with van der Waals surface area (Å²) in [7, 11) is 0. The number of aromatic nitrogens is 2. The maximum Gasteiger partial charge on any atom is 0.329 e. The van der Waals surface area contributed by atoms with Gasteiger partial charge in [-0.25, -0.2) is 9.78 Å². The molecule has 15 heavy (non-hydrogen) atoms. The van der Waals surface area contributed by atoms with Crippen molar-refractivity contribution in [2.24, 2.45) is 0 Å². The summed E-state index contributed by atoms with van der Waals surface area (Å²) in [6.07, 6.45) is 0.813. The van der Waals surface area contributed by atoms with E-state index in [0.29, 0.717) is 13.2 Å². The van der Waals surface area contributed by atoms with Crippen molar-refractivity contribution < 1.29 is 14.6 Å². The molecule has 0 amide bonds. The van der Waals surface area contributed by atoms with Crippen molar-refractivity contribution in [2.45, 2.75) is 13.3 Å². The molecule has 0 aliphatic rings. The number of aliphatic carboxylic acids is 1. The average molecular weight is 231 g/mol. The highest BCUT2D eigenvalue weighted by molar-refractivity contribution is 7.09. The van der Waals surface area contributed by atoms with Crippen LogP contribution in [0.5, 0.6) is 0 Å². The van der Waals surface area contributed by atoms with Crippen LogP contribution in [0.2, 0.25) is 0 Å². The lowest BCUT2D eigenvalue weighted by Crippen LogP contribution is -2.13. The first-order chi connectivity index (χ1) is 7.22. The number of carbonyl (C=O) groups is 1. The third kappa shape index (κ3) is 4.71. The van der Waals surface area contributed by atoms with Gasteiger partial charge in [0.1, 0.15) is 12.4 Å². The van der Waals surface area contributed by atoms with E-state index in [0.717, 1.165) is 17.4 Å². The van der Waals surface area contributed by atoms with Gasteiger partial charge < -0.3 is 15.2 Å². The van der Waals surface area contributed by atoms with E-state index in [9.17, 15) is 4.79 Å². The van der Waals surface area contributed by atoms with Gasteiger partial charge in [-0.15, -0.1) is 0 Å². The highest BCUT2D eigenvalue weighted by Crippen LogP contribution is 2.10. The van der Waals surface area contributed by atoms with Crippen LogP contribution < -0.4 is 5.32 Å². The Hall–Kier alpha value is -1.21. The SMILES string of the molecule is CCc1nsc(NCCOCC(=O)O)n1. The molecule has 0 aliphatic heterocycles. The van der Waals surface area contributed by atoms with E-state index in [1.807, 2.05) is 6.92 Å². The van der Waals surface area contributed by atoms with Gasteiger partial charge in [-0.1, -0.05) is 6.92 Å². The minimum absolute atomic E-state index is 0.266. The normalized spacial score (nSPS) is 10.2. The summed E-state index contributed by atoms with van der Waals surface area (Å²) in [4.78, 5) is 14.3. The summed E-state index contributed by atoms with van der Waals surface area (Å²) in [6, 6.07) is 0. The van der Waals surface area contributed by atoms with Crippen LogP contribution >= 0.6 is 11.5 Å². The molecule has 0 radical (unpaired) electrons. The largest absolute Gasteiger partial charge is 0.480 e. The van der Waals surface area contributed by atoms with Crippen LogP contribution in [-0.4, -0.2) is 40.2 Å². The molecule has 1 rings (SSSR count). The Morgan fingerprint density at radius 3 is 3.07 bits per heavy atom. The molecular weight excluding hydrogens is 218 g/mol. The molecule has 0 aromatic carbocycles. The summed E-state index contributed by atoms with van der Waals surface area (Å²) in [5.74, 6) is -0.145. The molecule has 0 fully saturated rings. The van der Waals surface area contributed by atoms with E-state index in [1.54, 1.807) is 0 Å². The van der Waals surface area contributed by atoms with Gasteiger partial charge in [-0.2, -0.15) is 4.37 Å². The van der Waals surface area contributed by atoms with Crippen molar-refractivity contribution in [1.29, 1.82) is 0 Å². The number of aryl methyl sites for hydroxylation is 1. The minimum Gasteiger partial charge on any atom is -0.480 e. The summed E-state index contributed by atoms with van der Waals surface area (Å²) < 4.78 is 8.94. The molecule has 0 saturated carbocycles. The average Bonchev–Trinajstić information content (AvgIpc) is 2.65. The van der Waals surface area contributed by atoms with Crippen molar-refractivity contribution in [3.05, 3.63) is 5.82 Å². The van der Waals surface area contributed by atoms with Crippen LogP contribution in [0, 0.1) is 0 Å². The lowest BCUT2D eigenvalue weighted by Gasteiger charge is -2.01. The van der Waals surface area contributed by atoms with Gasteiger partial charge >= 0.3 is 5.97 Å². The Morgan fingerprint density at radius 2 is 2.47 bits per heavy atom. The van der Waals surface area contributed by atoms with Gasteiger partial charge in [-0.05, 0) is 0 Å². The molecule has 1 heterocycles. The first kappa shape index (κ1) is 11.9. The van der Waals surface area contributed by atoms with Gasteiger partial charge in [0.05, 0.1) is 6.61 Å². The Kier molecular flexibility index (Phi) is 4.99. The van der Waals surface area contributed by atoms with Crippen molar-refractivity contribution in [3.8, 4) is 0 Å². The molecule has 0 atom stereocenters.